The maximum atomic E-state index is 13.1. The standard InChI is InChI=1S/C12H11BrF4/c1-2-8(7-13)3-9-4-10(12(15,16)17)6-11(14)5-9/h3-6H,2,7H2,1H3/b8-3-. The van der Waals surface area contributed by atoms with E-state index >= 15 is 0 Å². The summed E-state index contributed by atoms with van der Waals surface area (Å²) in [5, 5.41) is 0.557. The van der Waals surface area contributed by atoms with Gasteiger partial charge in [-0.3, -0.25) is 0 Å². The van der Waals surface area contributed by atoms with Crippen molar-refractivity contribution in [2.24, 2.45) is 0 Å². The second-order valence-corrected chi connectivity index (χ2v) is 4.12. The molecule has 0 saturated heterocycles. The lowest BCUT2D eigenvalue weighted by Gasteiger charge is -2.08. The van der Waals surface area contributed by atoms with Crippen molar-refractivity contribution in [3.05, 3.63) is 40.7 Å². The van der Waals surface area contributed by atoms with Gasteiger partial charge in [0.25, 0.3) is 0 Å². The van der Waals surface area contributed by atoms with E-state index in [4.69, 9.17) is 0 Å². The van der Waals surface area contributed by atoms with Crippen LogP contribution in [0.5, 0.6) is 0 Å². The van der Waals surface area contributed by atoms with Gasteiger partial charge in [0.15, 0.2) is 0 Å². The zero-order valence-corrected chi connectivity index (χ0v) is 10.7. The van der Waals surface area contributed by atoms with Gasteiger partial charge >= 0.3 is 6.18 Å². The maximum Gasteiger partial charge on any atom is 0.416 e. The highest BCUT2D eigenvalue weighted by molar-refractivity contribution is 9.09. The molecule has 0 fully saturated rings. The van der Waals surface area contributed by atoms with Crippen LogP contribution in [0.1, 0.15) is 24.5 Å². The molecule has 0 aliphatic carbocycles. The Labute approximate surface area is 105 Å². The average molecular weight is 311 g/mol. The molecule has 0 atom stereocenters. The van der Waals surface area contributed by atoms with E-state index in [1.54, 1.807) is 6.08 Å². The summed E-state index contributed by atoms with van der Waals surface area (Å²) in [5.74, 6) is -0.879. The fraction of sp³-hybridized carbons (Fsp3) is 0.333. The molecule has 0 saturated carbocycles. The molecule has 0 aromatic heterocycles. The molecule has 0 heterocycles. The van der Waals surface area contributed by atoms with E-state index in [1.807, 2.05) is 6.92 Å². The summed E-state index contributed by atoms with van der Waals surface area (Å²) in [6.45, 7) is 1.89. The Hall–Kier alpha value is -0.840. The summed E-state index contributed by atoms with van der Waals surface area (Å²) in [7, 11) is 0. The van der Waals surface area contributed by atoms with Gasteiger partial charge < -0.3 is 0 Å². The smallest absolute Gasteiger partial charge is 0.207 e. The number of halogens is 5. The molecule has 1 aromatic rings. The van der Waals surface area contributed by atoms with Crippen LogP contribution in [0.3, 0.4) is 0 Å². The number of rotatable bonds is 3. The zero-order chi connectivity index (χ0) is 13.1. The van der Waals surface area contributed by atoms with E-state index in [2.05, 4.69) is 15.9 Å². The molecular formula is C12H11BrF4. The summed E-state index contributed by atoms with van der Waals surface area (Å²) in [4.78, 5) is 0. The molecule has 1 aromatic carbocycles. The lowest BCUT2D eigenvalue weighted by Crippen LogP contribution is -2.05. The average Bonchev–Trinajstić information content (AvgIpc) is 2.24. The second kappa shape index (κ2) is 5.67. The van der Waals surface area contributed by atoms with Crippen molar-refractivity contribution in [1.82, 2.24) is 0 Å². The van der Waals surface area contributed by atoms with Crippen LogP contribution in [-0.2, 0) is 6.18 Å². The van der Waals surface area contributed by atoms with E-state index in [-0.39, 0.29) is 5.56 Å². The SMILES string of the molecule is CC/C(=C/c1cc(F)cc(C(F)(F)F)c1)CBr. The fourth-order valence-corrected chi connectivity index (χ4v) is 1.89. The first-order valence-electron chi connectivity index (χ1n) is 5.00. The Morgan fingerprint density at radius 1 is 1.29 bits per heavy atom. The zero-order valence-electron chi connectivity index (χ0n) is 9.11. The van der Waals surface area contributed by atoms with E-state index in [9.17, 15) is 17.6 Å². The first kappa shape index (κ1) is 14.2. The van der Waals surface area contributed by atoms with Crippen molar-refractivity contribution in [3.8, 4) is 0 Å². The molecular weight excluding hydrogens is 300 g/mol. The molecule has 0 spiro atoms. The Bertz CT molecular complexity index is 415. The molecule has 5 heteroatoms. The molecule has 0 N–H and O–H groups in total. The molecule has 0 aliphatic rings. The van der Waals surface area contributed by atoms with Gasteiger partial charge in [0.2, 0.25) is 0 Å². The van der Waals surface area contributed by atoms with Crippen molar-refractivity contribution in [3.63, 3.8) is 0 Å². The van der Waals surface area contributed by atoms with Gasteiger partial charge in [-0.2, -0.15) is 13.2 Å². The normalized spacial score (nSPS) is 12.9. The maximum absolute atomic E-state index is 13.1. The first-order valence-corrected chi connectivity index (χ1v) is 6.12. The Balaban J connectivity index is 3.18. The molecule has 0 amide bonds. The van der Waals surface area contributed by atoms with Gasteiger partial charge in [-0.1, -0.05) is 34.5 Å². The monoisotopic (exact) mass is 310 g/mol. The first-order chi connectivity index (χ1) is 7.86. The van der Waals surface area contributed by atoms with Gasteiger partial charge in [-0.15, -0.1) is 0 Å². The Morgan fingerprint density at radius 3 is 2.41 bits per heavy atom. The number of benzene rings is 1. The summed E-state index contributed by atoms with van der Waals surface area (Å²) >= 11 is 3.23. The van der Waals surface area contributed by atoms with Crippen molar-refractivity contribution in [2.45, 2.75) is 19.5 Å². The van der Waals surface area contributed by atoms with Crippen LogP contribution in [0, 0.1) is 5.82 Å². The Morgan fingerprint density at radius 2 is 1.94 bits per heavy atom. The van der Waals surface area contributed by atoms with Gasteiger partial charge in [0.1, 0.15) is 5.82 Å². The molecule has 0 aliphatic heterocycles. The quantitative estimate of drug-likeness (QED) is 0.542. The molecule has 0 nitrogen and oxygen atoms in total. The number of hydrogen-bond acceptors (Lipinski definition) is 0. The minimum absolute atomic E-state index is 0.230. The van der Waals surface area contributed by atoms with E-state index in [1.165, 1.54) is 0 Å². The fourth-order valence-electron chi connectivity index (χ4n) is 1.33. The van der Waals surface area contributed by atoms with Crippen LogP contribution in [-0.4, -0.2) is 5.33 Å². The van der Waals surface area contributed by atoms with Crippen LogP contribution in [0.4, 0.5) is 17.6 Å². The third kappa shape index (κ3) is 4.15. The second-order valence-electron chi connectivity index (χ2n) is 3.56. The predicted octanol–water partition coefficient (Wildman–Crippen LogP) is 5.03. The predicted molar refractivity (Wildman–Crippen MR) is 63.5 cm³/mol. The van der Waals surface area contributed by atoms with E-state index in [0.717, 1.165) is 17.7 Å². The topological polar surface area (TPSA) is 0 Å². The van der Waals surface area contributed by atoms with E-state index < -0.39 is 17.6 Å². The van der Waals surface area contributed by atoms with Crippen molar-refractivity contribution in [2.75, 3.05) is 5.33 Å². The number of allylic oxidation sites excluding steroid dienone is 1. The van der Waals surface area contributed by atoms with Crippen LogP contribution in [0.2, 0.25) is 0 Å². The van der Waals surface area contributed by atoms with Crippen LogP contribution >= 0.6 is 15.9 Å². The molecule has 94 valence electrons. The molecule has 1 rings (SSSR count). The molecule has 0 unspecified atom stereocenters. The summed E-state index contributed by atoms with van der Waals surface area (Å²) in [6, 6.07) is 2.53. The summed E-state index contributed by atoms with van der Waals surface area (Å²) in [6.07, 6.45) is -2.26. The van der Waals surface area contributed by atoms with Crippen LogP contribution < -0.4 is 0 Å². The van der Waals surface area contributed by atoms with Gasteiger partial charge in [0.05, 0.1) is 5.56 Å². The lowest BCUT2D eigenvalue weighted by molar-refractivity contribution is -0.137. The van der Waals surface area contributed by atoms with Gasteiger partial charge in [-0.05, 0) is 30.2 Å². The van der Waals surface area contributed by atoms with Crippen LogP contribution in [0.25, 0.3) is 6.08 Å². The van der Waals surface area contributed by atoms with Crippen molar-refractivity contribution in [1.29, 1.82) is 0 Å². The minimum atomic E-state index is -4.52. The molecule has 17 heavy (non-hydrogen) atoms. The highest BCUT2D eigenvalue weighted by Crippen LogP contribution is 2.31. The third-order valence-electron chi connectivity index (χ3n) is 2.24. The minimum Gasteiger partial charge on any atom is -0.207 e. The Kier molecular flexibility index (Phi) is 4.74. The third-order valence-corrected chi connectivity index (χ3v) is 2.96. The number of hydrogen-bond donors (Lipinski definition) is 0. The molecule has 0 radical (unpaired) electrons. The van der Waals surface area contributed by atoms with Crippen molar-refractivity contribution >= 4 is 22.0 Å². The molecule has 0 bridgehead atoms. The van der Waals surface area contributed by atoms with Crippen LogP contribution in [0.15, 0.2) is 23.8 Å². The highest BCUT2D eigenvalue weighted by Gasteiger charge is 2.31. The summed E-state index contributed by atoms with van der Waals surface area (Å²) < 4.78 is 50.4. The van der Waals surface area contributed by atoms with E-state index in [0.29, 0.717) is 17.8 Å². The summed E-state index contributed by atoms with van der Waals surface area (Å²) in [5.41, 5.74) is 0.172. The number of alkyl halides is 4. The lowest BCUT2D eigenvalue weighted by atomic mass is 10.1. The van der Waals surface area contributed by atoms with Gasteiger partial charge in [0, 0.05) is 5.33 Å². The highest BCUT2D eigenvalue weighted by atomic mass is 79.9. The van der Waals surface area contributed by atoms with Crippen molar-refractivity contribution < 1.29 is 17.6 Å². The largest absolute Gasteiger partial charge is 0.416 e. The van der Waals surface area contributed by atoms with Gasteiger partial charge in [-0.25, -0.2) is 4.39 Å².